The normalized spacial score (nSPS) is 15.7. The van der Waals surface area contributed by atoms with Crippen molar-refractivity contribution in [3.8, 4) is 0 Å². The van der Waals surface area contributed by atoms with Gasteiger partial charge in [0, 0.05) is 53.9 Å². The molecule has 6 heteroatoms. The first-order valence-corrected chi connectivity index (χ1v) is 14.8. The molecule has 39 heavy (non-hydrogen) atoms. The summed E-state index contributed by atoms with van der Waals surface area (Å²) in [5.74, 6) is 0.0432. The number of thiol groups is 1. The van der Waals surface area contributed by atoms with Gasteiger partial charge >= 0.3 is 0 Å². The molecule has 1 aliphatic heterocycles. The number of allylic oxidation sites excluding steroid dienone is 4. The van der Waals surface area contributed by atoms with Crippen LogP contribution >= 0.6 is 12.6 Å². The topological polar surface area (TPSA) is 56.4 Å². The van der Waals surface area contributed by atoms with Crippen LogP contribution in [-0.4, -0.2) is 26.0 Å². The Labute approximate surface area is 241 Å². The maximum atomic E-state index is 11.6. The van der Waals surface area contributed by atoms with Gasteiger partial charge < -0.3 is 10.2 Å². The SMILES string of the molecule is CCCN1/C(=C/C=C/CC(C)(C)c2cc(S)ccc2NCCCCCC(=O)NNC)C(C)(C)c2ccccc21. The van der Waals surface area contributed by atoms with Crippen molar-refractivity contribution in [3.05, 3.63) is 77.5 Å². The largest absolute Gasteiger partial charge is 0.385 e. The van der Waals surface area contributed by atoms with Crippen molar-refractivity contribution >= 4 is 29.9 Å². The Kier molecular flexibility index (Phi) is 11.1. The fourth-order valence-electron chi connectivity index (χ4n) is 5.50. The molecule has 0 fully saturated rings. The van der Waals surface area contributed by atoms with Crippen LogP contribution in [0.2, 0.25) is 0 Å². The second-order valence-electron chi connectivity index (χ2n) is 11.6. The zero-order valence-corrected chi connectivity index (χ0v) is 25.6. The molecule has 2 aromatic carbocycles. The summed E-state index contributed by atoms with van der Waals surface area (Å²) >= 11 is 4.64. The standard InChI is InChI=1S/C33H48N4OS/c1-7-23-37-29-16-11-10-15-26(29)33(4,5)30(37)17-12-13-21-32(2,3)27-24-25(39)19-20-28(27)35-22-14-8-9-18-31(38)36-34-6/h10-13,15-17,19-20,24,34-35,39H,7-9,14,18,21-23H2,1-6H3,(H,36,38)/b13-12+,30-17+. The van der Waals surface area contributed by atoms with Crippen molar-refractivity contribution in [2.75, 3.05) is 30.4 Å². The lowest BCUT2D eigenvalue weighted by molar-refractivity contribution is -0.122. The second kappa shape index (κ2) is 14.1. The van der Waals surface area contributed by atoms with Crippen LogP contribution in [0.5, 0.6) is 0 Å². The molecule has 0 spiro atoms. The fraction of sp³-hybridized carbons (Fsp3) is 0.485. The Hall–Kier alpha value is -2.70. The van der Waals surface area contributed by atoms with E-state index in [4.69, 9.17) is 0 Å². The van der Waals surface area contributed by atoms with Gasteiger partial charge in [0.1, 0.15) is 0 Å². The molecule has 1 heterocycles. The van der Waals surface area contributed by atoms with Crippen molar-refractivity contribution in [2.45, 2.75) is 88.9 Å². The molecule has 0 saturated heterocycles. The summed E-state index contributed by atoms with van der Waals surface area (Å²) in [5, 5.41) is 3.65. The van der Waals surface area contributed by atoms with Gasteiger partial charge in [-0.1, -0.05) is 71.4 Å². The molecule has 0 aliphatic carbocycles. The van der Waals surface area contributed by atoms with Gasteiger partial charge in [-0.25, -0.2) is 5.43 Å². The molecule has 212 valence electrons. The minimum atomic E-state index is -0.0570. The highest BCUT2D eigenvalue weighted by molar-refractivity contribution is 7.80. The highest BCUT2D eigenvalue weighted by Gasteiger charge is 2.39. The number of nitrogens with zero attached hydrogens (tertiary/aromatic N) is 1. The number of anilines is 2. The van der Waals surface area contributed by atoms with Crippen molar-refractivity contribution < 1.29 is 4.79 Å². The lowest BCUT2D eigenvalue weighted by Crippen LogP contribution is -2.33. The molecule has 0 radical (unpaired) electrons. The predicted octanol–water partition coefficient (Wildman–Crippen LogP) is 7.51. The Morgan fingerprint density at radius 2 is 1.87 bits per heavy atom. The summed E-state index contributed by atoms with van der Waals surface area (Å²) in [7, 11) is 1.71. The van der Waals surface area contributed by atoms with Crippen LogP contribution in [-0.2, 0) is 15.6 Å². The molecular weight excluding hydrogens is 500 g/mol. The van der Waals surface area contributed by atoms with Crippen LogP contribution in [0.3, 0.4) is 0 Å². The quantitative estimate of drug-likeness (QED) is 0.112. The number of hydrazine groups is 1. The molecule has 3 rings (SSSR count). The Bertz CT molecular complexity index is 1170. The highest BCUT2D eigenvalue weighted by atomic mass is 32.1. The molecular formula is C33H48N4OS. The summed E-state index contributed by atoms with van der Waals surface area (Å²) in [5.41, 5.74) is 11.8. The van der Waals surface area contributed by atoms with Gasteiger partial charge in [-0.05, 0) is 72.6 Å². The van der Waals surface area contributed by atoms with Gasteiger partial charge in [-0.3, -0.25) is 10.2 Å². The molecule has 3 N–H and O–H groups in total. The van der Waals surface area contributed by atoms with Gasteiger partial charge in [-0.15, -0.1) is 12.6 Å². The minimum Gasteiger partial charge on any atom is -0.385 e. The number of carbonyl (C=O) groups is 1. The van der Waals surface area contributed by atoms with Crippen molar-refractivity contribution in [1.82, 2.24) is 10.9 Å². The van der Waals surface area contributed by atoms with Gasteiger partial charge in [0.25, 0.3) is 0 Å². The van der Waals surface area contributed by atoms with E-state index < -0.39 is 0 Å². The van der Waals surface area contributed by atoms with Crippen molar-refractivity contribution in [1.29, 1.82) is 0 Å². The van der Waals surface area contributed by atoms with E-state index in [9.17, 15) is 4.79 Å². The third-order valence-electron chi connectivity index (χ3n) is 7.66. The smallest absolute Gasteiger partial charge is 0.234 e. The van der Waals surface area contributed by atoms with Crippen LogP contribution in [0.15, 0.2) is 71.3 Å². The maximum Gasteiger partial charge on any atom is 0.234 e. The summed E-state index contributed by atoms with van der Waals surface area (Å²) in [6.07, 6.45) is 12.4. The van der Waals surface area contributed by atoms with Crippen molar-refractivity contribution in [2.24, 2.45) is 0 Å². The number of para-hydroxylation sites is 1. The number of amides is 1. The van der Waals surface area contributed by atoms with Gasteiger partial charge in [0.05, 0.1) is 0 Å². The first kappa shape index (κ1) is 30.8. The minimum absolute atomic E-state index is 0.0141. The van der Waals surface area contributed by atoms with Gasteiger partial charge in [0.15, 0.2) is 0 Å². The predicted molar refractivity (Wildman–Crippen MR) is 170 cm³/mol. The van der Waals surface area contributed by atoms with Crippen LogP contribution in [0, 0.1) is 0 Å². The molecule has 1 aliphatic rings. The maximum absolute atomic E-state index is 11.6. The van der Waals surface area contributed by atoms with E-state index in [0.29, 0.717) is 6.42 Å². The van der Waals surface area contributed by atoms with E-state index in [2.05, 4.69) is 129 Å². The lowest BCUT2D eigenvalue weighted by atomic mass is 9.80. The summed E-state index contributed by atoms with van der Waals surface area (Å²) in [4.78, 5) is 15.1. The van der Waals surface area contributed by atoms with E-state index in [1.54, 1.807) is 7.05 Å². The van der Waals surface area contributed by atoms with E-state index in [1.165, 1.54) is 28.2 Å². The molecule has 0 atom stereocenters. The van der Waals surface area contributed by atoms with Crippen LogP contribution in [0.4, 0.5) is 11.4 Å². The summed E-state index contributed by atoms with van der Waals surface area (Å²) in [6, 6.07) is 15.2. The molecule has 2 aromatic rings. The zero-order valence-electron chi connectivity index (χ0n) is 24.7. The third-order valence-corrected chi connectivity index (χ3v) is 7.94. The Morgan fingerprint density at radius 1 is 1.10 bits per heavy atom. The Balaban J connectivity index is 1.66. The van der Waals surface area contributed by atoms with Gasteiger partial charge in [0.2, 0.25) is 5.91 Å². The number of nitrogens with one attached hydrogen (secondary N) is 3. The molecule has 0 saturated carbocycles. The number of benzene rings is 2. The van der Waals surface area contributed by atoms with Crippen LogP contribution < -0.4 is 21.1 Å². The number of fused-ring (bicyclic) bond motifs is 1. The van der Waals surface area contributed by atoms with E-state index in [-0.39, 0.29) is 16.7 Å². The number of unbranched alkanes of at least 4 members (excludes halogenated alkanes) is 2. The molecule has 0 unspecified atom stereocenters. The number of carbonyl (C=O) groups excluding carboxylic acids is 1. The van der Waals surface area contributed by atoms with Crippen LogP contribution in [0.25, 0.3) is 0 Å². The third kappa shape index (κ3) is 7.92. The average Bonchev–Trinajstić information content (AvgIpc) is 3.11. The average molecular weight is 549 g/mol. The monoisotopic (exact) mass is 548 g/mol. The molecule has 5 nitrogen and oxygen atoms in total. The number of hydrogen-bond donors (Lipinski definition) is 4. The molecule has 0 bridgehead atoms. The van der Waals surface area contributed by atoms with E-state index in [0.717, 1.165) is 50.1 Å². The highest BCUT2D eigenvalue weighted by Crippen LogP contribution is 2.47. The summed E-state index contributed by atoms with van der Waals surface area (Å²) in [6.45, 7) is 13.4. The fourth-order valence-corrected chi connectivity index (χ4v) is 5.70. The zero-order chi connectivity index (χ0) is 28.5. The Morgan fingerprint density at radius 3 is 2.62 bits per heavy atom. The van der Waals surface area contributed by atoms with Crippen LogP contribution in [0.1, 0.15) is 84.3 Å². The first-order valence-electron chi connectivity index (χ1n) is 14.4. The molecule has 1 amide bonds. The number of hydrogen-bond acceptors (Lipinski definition) is 5. The number of rotatable bonds is 14. The second-order valence-corrected chi connectivity index (χ2v) is 12.1. The summed E-state index contributed by atoms with van der Waals surface area (Å²) < 4.78 is 0. The van der Waals surface area contributed by atoms with Gasteiger partial charge in [-0.2, -0.15) is 0 Å². The first-order chi connectivity index (χ1) is 18.6. The van der Waals surface area contributed by atoms with E-state index >= 15 is 0 Å². The van der Waals surface area contributed by atoms with E-state index in [1.807, 2.05) is 0 Å². The lowest BCUT2D eigenvalue weighted by Gasteiger charge is -2.28. The van der Waals surface area contributed by atoms with Crippen molar-refractivity contribution in [3.63, 3.8) is 0 Å². The molecule has 0 aromatic heterocycles.